The van der Waals surface area contributed by atoms with Crippen molar-refractivity contribution in [3.05, 3.63) is 53.9 Å². The van der Waals surface area contributed by atoms with Crippen LogP contribution in [0.4, 0.5) is 0 Å². The molecule has 144 valence electrons. The number of hydrogen-bond acceptors (Lipinski definition) is 7. The monoisotopic (exact) mass is 396 g/mol. The third-order valence-corrected chi connectivity index (χ3v) is 5.41. The van der Waals surface area contributed by atoms with Gasteiger partial charge in [-0.1, -0.05) is 29.5 Å². The van der Waals surface area contributed by atoms with Crippen LogP contribution in [0, 0.1) is 0 Å². The topological polar surface area (TPSA) is 70.8 Å². The molecule has 0 unspecified atom stereocenters. The Balaban J connectivity index is 1.56. The lowest BCUT2D eigenvalue weighted by molar-refractivity contribution is 0.354. The summed E-state index contributed by atoms with van der Waals surface area (Å²) >= 11 is 1.51. The second kappa shape index (κ2) is 7.85. The van der Waals surface area contributed by atoms with E-state index in [2.05, 4.69) is 10.2 Å². The third kappa shape index (κ3) is 3.50. The van der Waals surface area contributed by atoms with Crippen LogP contribution in [0.3, 0.4) is 0 Å². The van der Waals surface area contributed by atoms with Gasteiger partial charge in [-0.2, -0.15) is 9.61 Å². The summed E-state index contributed by atoms with van der Waals surface area (Å²) in [6, 6.07) is 13.8. The van der Waals surface area contributed by atoms with Crippen molar-refractivity contribution in [3.8, 4) is 27.8 Å². The summed E-state index contributed by atoms with van der Waals surface area (Å²) in [5.74, 6) is 3.08. The predicted molar refractivity (Wildman–Crippen MR) is 108 cm³/mol. The van der Waals surface area contributed by atoms with Gasteiger partial charge in [0.05, 0.1) is 21.3 Å². The highest BCUT2D eigenvalue weighted by Gasteiger charge is 2.14. The molecule has 0 spiro atoms. The van der Waals surface area contributed by atoms with Crippen molar-refractivity contribution in [2.24, 2.45) is 0 Å². The molecule has 2 aromatic heterocycles. The Morgan fingerprint density at radius 2 is 1.75 bits per heavy atom. The first kappa shape index (κ1) is 18.2. The van der Waals surface area contributed by atoms with Crippen LogP contribution in [0.2, 0.25) is 0 Å². The molecule has 4 rings (SSSR count). The summed E-state index contributed by atoms with van der Waals surface area (Å²) < 4.78 is 17.8. The van der Waals surface area contributed by atoms with Gasteiger partial charge in [0.1, 0.15) is 10.8 Å². The van der Waals surface area contributed by atoms with E-state index in [4.69, 9.17) is 19.3 Å². The molecule has 0 fully saturated rings. The molecule has 0 saturated heterocycles. The van der Waals surface area contributed by atoms with Crippen LogP contribution >= 0.6 is 11.3 Å². The van der Waals surface area contributed by atoms with Crippen molar-refractivity contribution in [2.45, 2.75) is 12.8 Å². The van der Waals surface area contributed by atoms with Crippen molar-refractivity contribution in [3.63, 3.8) is 0 Å². The fraction of sp³-hybridized carbons (Fsp3) is 0.250. The average molecular weight is 396 g/mol. The zero-order valence-corrected chi connectivity index (χ0v) is 16.7. The molecule has 0 aliphatic carbocycles. The first-order valence-corrected chi connectivity index (χ1v) is 9.60. The number of methoxy groups -OCH3 is 3. The van der Waals surface area contributed by atoms with E-state index in [-0.39, 0.29) is 0 Å². The minimum absolute atomic E-state index is 0.720. The van der Waals surface area contributed by atoms with Crippen molar-refractivity contribution in [1.29, 1.82) is 0 Å². The maximum absolute atomic E-state index is 5.38. The first-order chi connectivity index (χ1) is 13.7. The highest BCUT2D eigenvalue weighted by atomic mass is 32.1. The quantitative estimate of drug-likeness (QED) is 0.475. The number of rotatable bonds is 7. The summed E-state index contributed by atoms with van der Waals surface area (Å²) in [5, 5.41) is 14.2. The van der Waals surface area contributed by atoms with Crippen LogP contribution in [0.1, 0.15) is 11.4 Å². The van der Waals surface area contributed by atoms with Gasteiger partial charge < -0.3 is 14.2 Å². The molecule has 0 aliphatic heterocycles. The third-order valence-electron chi connectivity index (χ3n) is 4.46. The molecule has 4 aromatic rings. The molecule has 0 radical (unpaired) electrons. The maximum atomic E-state index is 5.38. The smallest absolute Gasteiger partial charge is 0.234 e. The Kier molecular flexibility index (Phi) is 5.12. The summed E-state index contributed by atoms with van der Waals surface area (Å²) in [7, 11) is 4.93. The minimum atomic E-state index is 0.720. The highest BCUT2D eigenvalue weighted by molar-refractivity contribution is 7.19. The zero-order valence-electron chi connectivity index (χ0n) is 15.9. The van der Waals surface area contributed by atoms with E-state index in [1.54, 1.807) is 21.3 Å². The fourth-order valence-corrected chi connectivity index (χ4v) is 3.83. The number of nitrogens with zero attached hydrogens (tertiary/aromatic N) is 4. The maximum Gasteiger partial charge on any atom is 0.234 e. The fourth-order valence-electron chi connectivity index (χ4n) is 2.98. The van der Waals surface area contributed by atoms with Crippen LogP contribution in [0.25, 0.3) is 15.5 Å². The zero-order chi connectivity index (χ0) is 19.5. The van der Waals surface area contributed by atoms with Gasteiger partial charge in [-0.05, 0) is 36.2 Å². The van der Waals surface area contributed by atoms with Crippen molar-refractivity contribution in [1.82, 2.24) is 19.8 Å². The Bertz CT molecular complexity index is 1110. The summed E-state index contributed by atoms with van der Waals surface area (Å²) in [6.45, 7) is 0. The molecule has 2 aromatic carbocycles. The van der Waals surface area contributed by atoms with Crippen LogP contribution in [-0.2, 0) is 12.8 Å². The lowest BCUT2D eigenvalue weighted by Crippen LogP contribution is -2.00. The lowest BCUT2D eigenvalue weighted by Gasteiger charge is -2.09. The van der Waals surface area contributed by atoms with Gasteiger partial charge in [-0.25, -0.2) is 0 Å². The van der Waals surface area contributed by atoms with Gasteiger partial charge in [0.25, 0.3) is 0 Å². The molecule has 7 nitrogen and oxygen atoms in total. The van der Waals surface area contributed by atoms with Crippen LogP contribution in [-0.4, -0.2) is 41.1 Å². The molecular formula is C20H20N4O3S. The van der Waals surface area contributed by atoms with E-state index in [1.807, 2.05) is 47.0 Å². The number of aromatic nitrogens is 4. The van der Waals surface area contributed by atoms with Gasteiger partial charge in [0, 0.05) is 12.0 Å². The normalized spacial score (nSPS) is 11.0. The molecule has 0 bridgehead atoms. The van der Waals surface area contributed by atoms with Gasteiger partial charge in [-0.15, -0.1) is 10.2 Å². The average Bonchev–Trinajstić information content (AvgIpc) is 3.33. The molecule has 0 amide bonds. The van der Waals surface area contributed by atoms with Crippen LogP contribution in [0.5, 0.6) is 17.2 Å². The van der Waals surface area contributed by atoms with E-state index in [1.165, 1.54) is 11.3 Å². The molecule has 28 heavy (non-hydrogen) atoms. The molecule has 0 aliphatic rings. The molecular weight excluding hydrogens is 376 g/mol. The first-order valence-electron chi connectivity index (χ1n) is 8.78. The van der Waals surface area contributed by atoms with E-state index >= 15 is 0 Å². The molecule has 0 atom stereocenters. The van der Waals surface area contributed by atoms with Crippen molar-refractivity contribution < 1.29 is 14.2 Å². The Labute approximate surface area is 166 Å². The van der Waals surface area contributed by atoms with E-state index in [0.717, 1.165) is 57.0 Å². The number of ether oxygens (including phenoxy) is 3. The second-order valence-electron chi connectivity index (χ2n) is 6.14. The highest BCUT2D eigenvalue weighted by Crippen LogP contribution is 2.29. The van der Waals surface area contributed by atoms with Gasteiger partial charge in [0.15, 0.2) is 17.3 Å². The lowest BCUT2D eigenvalue weighted by atomic mass is 10.1. The van der Waals surface area contributed by atoms with Gasteiger partial charge in [0.2, 0.25) is 4.96 Å². The largest absolute Gasteiger partial charge is 0.497 e. The molecule has 8 heteroatoms. The molecule has 0 saturated carbocycles. The summed E-state index contributed by atoms with van der Waals surface area (Å²) in [5.41, 5.74) is 2.14. The Morgan fingerprint density at radius 3 is 2.54 bits per heavy atom. The number of fused-ring (bicyclic) bond motifs is 1. The molecule has 2 heterocycles. The number of aryl methyl sites for hydroxylation is 2. The Morgan fingerprint density at radius 1 is 0.893 bits per heavy atom. The van der Waals surface area contributed by atoms with Gasteiger partial charge >= 0.3 is 0 Å². The van der Waals surface area contributed by atoms with E-state index in [9.17, 15) is 0 Å². The summed E-state index contributed by atoms with van der Waals surface area (Å²) in [4.78, 5) is 0.778. The van der Waals surface area contributed by atoms with E-state index in [0.29, 0.717) is 0 Å². The van der Waals surface area contributed by atoms with Crippen LogP contribution in [0.15, 0.2) is 42.5 Å². The molecule has 0 N–H and O–H groups in total. The van der Waals surface area contributed by atoms with Gasteiger partial charge in [-0.3, -0.25) is 0 Å². The SMILES string of the molecule is COc1cccc(-c2nn3c(CCc4ccc(OC)c(OC)c4)nnc3s2)c1. The summed E-state index contributed by atoms with van der Waals surface area (Å²) in [6.07, 6.45) is 1.52. The van der Waals surface area contributed by atoms with Crippen LogP contribution < -0.4 is 14.2 Å². The number of hydrogen-bond donors (Lipinski definition) is 0. The predicted octanol–water partition coefficient (Wildman–Crippen LogP) is 3.66. The second-order valence-corrected chi connectivity index (χ2v) is 7.10. The standard InChI is InChI=1S/C20H20N4O3S/c1-25-15-6-4-5-14(12-15)19-23-24-18(21-22-20(24)28-19)10-8-13-7-9-16(26-2)17(11-13)27-3/h4-7,9,11-12H,8,10H2,1-3H3. The number of benzene rings is 2. The van der Waals surface area contributed by atoms with E-state index < -0.39 is 0 Å². The minimum Gasteiger partial charge on any atom is -0.497 e. The van der Waals surface area contributed by atoms with Crippen molar-refractivity contribution in [2.75, 3.05) is 21.3 Å². The Hall–Kier alpha value is -3.13. The van der Waals surface area contributed by atoms with Crippen molar-refractivity contribution >= 4 is 16.3 Å².